The van der Waals surface area contributed by atoms with Crippen molar-refractivity contribution in [2.45, 2.75) is 0 Å². The standard InChI is InChI=1S/2Ba.2Bi.2K.3O.6H/q2*+2;2*+3;2*+1;3*-2;6*-1. The summed E-state index contributed by atoms with van der Waals surface area (Å²) >= 11 is 0. The molecule has 0 saturated carbocycles. The van der Waals surface area contributed by atoms with Crippen LogP contribution in [0.5, 0.6) is 0 Å². The molecule has 0 fully saturated rings. The maximum atomic E-state index is 0. The second kappa shape index (κ2) is 56.1. The average Bonchev–Trinajstić information content (AvgIpc) is 0. The van der Waals surface area contributed by atoms with Gasteiger partial charge in [-0.25, -0.2) is 0 Å². The molecule has 0 aromatic rings. The topological polar surface area (TPSA) is 85.5 Å². The van der Waals surface area contributed by atoms with Gasteiger partial charge in [0.2, 0.25) is 0 Å². The molecule has 0 rings (SSSR count). The summed E-state index contributed by atoms with van der Waals surface area (Å²) in [5, 5.41) is 0. The van der Waals surface area contributed by atoms with Crippen LogP contribution < -0.4 is 103 Å². The fraction of sp³-hybridized carbons (Fsp3) is 0. The minimum atomic E-state index is 0. The molecular formula is H6Ba2Bi2K2O3. The Bertz CT molecular complexity index is 32.3. The Kier molecular flexibility index (Phi) is 422. The van der Waals surface area contributed by atoms with Crippen LogP contribution in [0.1, 0.15) is 8.56 Å². The van der Waals surface area contributed by atoms with E-state index >= 15 is 0 Å². The summed E-state index contributed by atoms with van der Waals surface area (Å²) in [5.74, 6) is 0. The van der Waals surface area contributed by atoms with Crippen molar-refractivity contribution in [3.8, 4) is 0 Å². The molecule has 9 heavy (non-hydrogen) atoms. The molecule has 0 N–H and O–H groups in total. The van der Waals surface area contributed by atoms with Crippen LogP contribution in [-0.4, -0.2) is 150 Å². The molecule has 0 aliphatic rings. The molecule has 0 unspecified atom stereocenters. The molecule has 0 amide bonds. The molecule has 0 saturated heterocycles. The Morgan fingerprint density at radius 1 is 0.556 bits per heavy atom. The minimum Gasteiger partial charge on any atom is -2.00 e. The van der Waals surface area contributed by atoms with Gasteiger partial charge in [0, 0.05) is 0 Å². The predicted octanol–water partition coefficient (Wildman–Crippen LogP) is -7.20. The second-order valence-corrected chi connectivity index (χ2v) is 0. The van der Waals surface area contributed by atoms with Crippen molar-refractivity contribution in [2.24, 2.45) is 0 Å². The van der Waals surface area contributed by atoms with Crippen LogP contribution in [0.25, 0.3) is 0 Å². The zero-order valence-electron chi connectivity index (χ0n) is 11.5. The quantitative estimate of drug-likeness (QED) is 0.218. The van der Waals surface area contributed by atoms with Gasteiger partial charge in [0.25, 0.3) is 0 Å². The van der Waals surface area contributed by atoms with E-state index in [1.54, 1.807) is 0 Å². The van der Waals surface area contributed by atoms with Gasteiger partial charge in [0.15, 0.2) is 0 Å². The summed E-state index contributed by atoms with van der Waals surface area (Å²) in [4.78, 5) is 0. The van der Waals surface area contributed by atoms with Crippen molar-refractivity contribution in [3.63, 3.8) is 0 Å². The number of hydrogen-bond acceptors (Lipinski definition) is 0. The molecule has 4 radical (unpaired) electrons. The molecule has 0 heterocycles. The number of hydrogen-bond donors (Lipinski definition) is 0. The van der Waals surface area contributed by atoms with Gasteiger partial charge in [-0.3, -0.25) is 0 Å². The third-order valence-electron chi connectivity index (χ3n) is 0. The van der Waals surface area contributed by atoms with Crippen molar-refractivity contribution >= 4 is 150 Å². The van der Waals surface area contributed by atoms with E-state index in [1.165, 1.54) is 0 Å². The van der Waals surface area contributed by atoms with Crippen LogP contribution in [0, 0.1) is 0 Å². The van der Waals surface area contributed by atoms with Gasteiger partial charge in [-0.1, -0.05) is 0 Å². The molecule has 0 spiro atoms. The van der Waals surface area contributed by atoms with Crippen LogP contribution in [-0.2, 0) is 16.4 Å². The fourth-order valence-electron chi connectivity index (χ4n) is 0. The Balaban J connectivity index is 0. The zero-order valence-corrected chi connectivity index (χ0v) is 27.6. The Morgan fingerprint density at radius 2 is 0.556 bits per heavy atom. The first-order valence-corrected chi connectivity index (χ1v) is 0. The summed E-state index contributed by atoms with van der Waals surface area (Å²) in [7, 11) is 0. The summed E-state index contributed by atoms with van der Waals surface area (Å²) in [5.41, 5.74) is 0. The van der Waals surface area contributed by atoms with E-state index in [-0.39, 0.29) is 278 Å². The summed E-state index contributed by atoms with van der Waals surface area (Å²) < 4.78 is 0. The van der Waals surface area contributed by atoms with Gasteiger partial charge in [0.05, 0.1) is 0 Å². The maximum absolute atomic E-state index is 0. The first kappa shape index (κ1) is 67.7. The van der Waals surface area contributed by atoms with Gasteiger partial charge in [-0.05, 0) is 0 Å². The van der Waals surface area contributed by atoms with Crippen LogP contribution in [0.2, 0.25) is 0 Å². The van der Waals surface area contributed by atoms with Crippen LogP contribution in [0.3, 0.4) is 0 Å². The van der Waals surface area contributed by atoms with Crippen molar-refractivity contribution in [1.29, 1.82) is 0 Å². The Hall–Kier alpha value is 8.06. The van der Waals surface area contributed by atoms with E-state index in [0.29, 0.717) is 0 Å². The van der Waals surface area contributed by atoms with Crippen LogP contribution in [0.15, 0.2) is 0 Å². The van der Waals surface area contributed by atoms with Crippen molar-refractivity contribution in [2.75, 3.05) is 0 Å². The fourth-order valence-corrected chi connectivity index (χ4v) is 0. The van der Waals surface area contributed by atoms with Crippen LogP contribution >= 0.6 is 0 Å². The Morgan fingerprint density at radius 3 is 0.556 bits per heavy atom. The van der Waals surface area contributed by atoms with Gasteiger partial charge >= 0.3 is 253 Å². The summed E-state index contributed by atoms with van der Waals surface area (Å²) in [6, 6.07) is 0. The van der Waals surface area contributed by atoms with Crippen molar-refractivity contribution in [3.05, 3.63) is 0 Å². The minimum absolute atomic E-state index is 0. The molecule has 0 aliphatic carbocycles. The van der Waals surface area contributed by atoms with E-state index in [9.17, 15) is 0 Å². The third kappa shape index (κ3) is 48.9. The molecular weight excluding hydrogens is 819 g/mol. The van der Waals surface area contributed by atoms with Crippen molar-refractivity contribution < 1.29 is 128 Å². The molecule has 0 aromatic heterocycles. The SMILES string of the molecule is [Ba+2].[Ba+2].[Bi+3].[Bi+3].[H-].[H-].[H-].[H-].[H-].[H-].[K+].[K+].[O-2].[O-2].[O-2]. The van der Waals surface area contributed by atoms with Gasteiger partial charge in [-0.2, -0.15) is 0 Å². The molecule has 0 aromatic carbocycles. The predicted molar refractivity (Wildman–Crippen MR) is 31.7 cm³/mol. The maximum Gasteiger partial charge on any atom is 3.00 e. The molecule has 0 atom stereocenters. The largest absolute Gasteiger partial charge is 3.00 e. The molecule has 0 bridgehead atoms. The molecule has 0 aliphatic heterocycles. The average molecular weight is 825 g/mol. The first-order chi connectivity index (χ1) is 0. The smallest absolute Gasteiger partial charge is 2.00 e. The van der Waals surface area contributed by atoms with E-state index in [4.69, 9.17) is 0 Å². The van der Waals surface area contributed by atoms with E-state index in [0.717, 1.165) is 0 Å². The van der Waals surface area contributed by atoms with E-state index in [2.05, 4.69) is 0 Å². The van der Waals surface area contributed by atoms with Crippen LogP contribution in [0.4, 0.5) is 0 Å². The molecule has 9 heteroatoms. The molecule has 40 valence electrons. The number of rotatable bonds is 0. The zero-order chi connectivity index (χ0) is 0. The van der Waals surface area contributed by atoms with Gasteiger partial charge in [0.1, 0.15) is 0 Å². The first-order valence-electron chi connectivity index (χ1n) is 0. The third-order valence-corrected chi connectivity index (χ3v) is 0. The normalized spacial score (nSPS) is 0. The molecule has 3 nitrogen and oxygen atoms in total. The van der Waals surface area contributed by atoms with Crippen molar-refractivity contribution in [1.82, 2.24) is 0 Å². The van der Waals surface area contributed by atoms with E-state index < -0.39 is 0 Å². The van der Waals surface area contributed by atoms with Gasteiger partial charge in [-0.15, -0.1) is 0 Å². The monoisotopic (exact) mass is 826 g/mol. The summed E-state index contributed by atoms with van der Waals surface area (Å²) in [6.07, 6.45) is 0. The Labute approximate surface area is 268 Å². The van der Waals surface area contributed by atoms with E-state index in [1.807, 2.05) is 0 Å². The summed E-state index contributed by atoms with van der Waals surface area (Å²) in [6.45, 7) is 0. The second-order valence-electron chi connectivity index (χ2n) is 0. The van der Waals surface area contributed by atoms with Gasteiger partial charge < -0.3 is 25.0 Å².